The van der Waals surface area contributed by atoms with Crippen LogP contribution in [0.5, 0.6) is 0 Å². The SMILES string of the molecule is C[C@]12CNCCC1=CC=C1[C@H]2CC[C@]2(C)C(N)CC[C@@H]12. The molecule has 110 valence electrons. The van der Waals surface area contributed by atoms with E-state index in [4.69, 9.17) is 5.73 Å². The number of rotatable bonds is 0. The fourth-order valence-corrected chi connectivity index (χ4v) is 5.74. The highest BCUT2D eigenvalue weighted by Gasteiger charge is 2.55. The first kappa shape index (κ1) is 13.1. The van der Waals surface area contributed by atoms with Crippen LogP contribution in [-0.4, -0.2) is 19.1 Å². The summed E-state index contributed by atoms with van der Waals surface area (Å²) in [5.41, 5.74) is 10.6. The Morgan fingerprint density at radius 1 is 1.15 bits per heavy atom. The molecule has 0 aromatic rings. The molecular weight excluding hydrogens is 244 g/mol. The van der Waals surface area contributed by atoms with Crippen LogP contribution in [-0.2, 0) is 0 Å². The van der Waals surface area contributed by atoms with Gasteiger partial charge in [0.1, 0.15) is 0 Å². The second kappa shape index (κ2) is 4.20. The standard InChI is InChI=1S/C18H28N2/c1-17-9-7-15-13(14(17)5-6-16(17)19)4-3-12-8-10-20-11-18(12,15)2/h3-4,14-16,20H,5-11,19H2,1-2H3/t14-,15+,16?,17-,18-/m0/s1. The van der Waals surface area contributed by atoms with Gasteiger partial charge >= 0.3 is 0 Å². The molecule has 4 rings (SSSR count). The van der Waals surface area contributed by atoms with Gasteiger partial charge in [-0.25, -0.2) is 0 Å². The number of hydrogen-bond acceptors (Lipinski definition) is 2. The van der Waals surface area contributed by atoms with Gasteiger partial charge in [-0.1, -0.05) is 37.1 Å². The van der Waals surface area contributed by atoms with Crippen molar-refractivity contribution in [1.29, 1.82) is 0 Å². The molecule has 0 aromatic heterocycles. The quantitative estimate of drug-likeness (QED) is 0.711. The van der Waals surface area contributed by atoms with Crippen LogP contribution >= 0.6 is 0 Å². The van der Waals surface area contributed by atoms with E-state index in [2.05, 4.69) is 31.3 Å². The van der Waals surface area contributed by atoms with E-state index in [0.717, 1.165) is 24.9 Å². The maximum absolute atomic E-state index is 6.46. The van der Waals surface area contributed by atoms with E-state index in [-0.39, 0.29) is 0 Å². The Balaban J connectivity index is 1.76. The van der Waals surface area contributed by atoms with Gasteiger partial charge in [-0.2, -0.15) is 0 Å². The first-order chi connectivity index (χ1) is 9.56. The van der Waals surface area contributed by atoms with Gasteiger partial charge in [-0.05, 0) is 55.9 Å². The summed E-state index contributed by atoms with van der Waals surface area (Å²) in [5, 5.41) is 3.64. The van der Waals surface area contributed by atoms with Crippen molar-refractivity contribution in [2.75, 3.05) is 13.1 Å². The molecule has 0 bridgehead atoms. The highest BCUT2D eigenvalue weighted by atomic mass is 14.9. The third kappa shape index (κ3) is 1.52. The van der Waals surface area contributed by atoms with Gasteiger partial charge in [0.2, 0.25) is 0 Å². The molecule has 2 heteroatoms. The van der Waals surface area contributed by atoms with Crippen molar-refractivity contribution in [2.45, 2.75) is 52.0 Å². The molecule has 1 heterocycles. The second-order valence-electron chi connectivity index (χ2n) is 8.04. The van der Waals surface area contributed by atoms with Crippen molar-refractivity contribution >= 4 is 0 Å². The van der Waals surface area contributed by atoms with E-state index in [1.165, 1.54) is 32.1 Å². The third-order valence-electron chi connectivity index (χ3n) is 7.23. The normalized spacial score (nSPS) is 50.6. The van der Waals surface area contributed by atoms with Gasteiger partial charge in [0.25, 0.3) is 0 Å². The summed E-state index contributed by atoms with van der Waals surface area (Å²) >= 11 is 0. The summed E-state index contributed by atoms with van der Waals surface area (Å²) in [6.45, 7) is 7.27. The van der Waals surface area contributed by atoms with Gasteiger partial charge in [-0.15, -0.1) is 0 Å². The minimum absolute atomic E-state index is 0.367. The smallest absolute Gasteiger partial charge is 0.00988 e. The average Bonchev–Trinajstić information content (AvgIpc) is 2.74. The summed E-state index contributed by atoms with van der Waals surface area (Å²) < 4.78 is 0. The summed E-state index contributed by atoms with van der Waals surface area (Å²) in [5.74, 6) is 1.51. The molecule has 1 aliphatic heterocycles. The zero-order valence-corrected chi connectivity index (χ0v) is 12.9. The molecule has 3 N–H and O–H groups in total. The van der Waals surface area contributed by atoms with Gasteiger partial charge in [-0.3, -0.25) is 0 Å². The maximum Gasteiger partial charge on any atom is 0.00988 e. The zero-order valence-electron chi connectivity index (χ0n) is 12.9. The number of hydrogen-bond donors (Lipinski definition) is 2. The van der Waals surface area contributed by atoms with Crippen molar-refractivity contribution in [3.05, 3.63) is 23.3 Å². The summed E-state index contributed by atoms with van der Waals surface area (Å²) in [6, 6.07) is 0.414. The Hall–Kier alpha value is -0.600. The van der Waals surface area contributed by atoms with Gasteiger partial charge < -0.3 is 11.1 Å². The van der Waals surface area contributed by atoms with Crippen LogP contribution < -0.4 is 11.1 Å². The van der Waals surface area contributed by atoms with Crippen molar-refractivity contribution in [3.8, 4) is 0 Å². The Labute approximate surface area is 122 Å². The van der Waals surface area contributed by atoms with Crippen molar-refractivity contribution in [3.63, 3.8) is 0 Å². The van der Waals surface area contributed by atoms with E-state index in [1.54, 1.807) is 11.1 Å². The number of fused-ring (bicyclic) bond motifs is 5. The molecule has 0 amide bonds. The summed E-state index contributed by atoms with van der Waals surface area (Å²) in [4.78, 5) is 0. The van der Waals surface area contributed by atoms with Crippen LogP contribution in [0.15, 0.2) is 23.3 Å². The molecular formula is C18H28N2. The molecule has 5 atom stereocenters. The highest BCUT2D eigenvalue weighted by molar-refractivity contribution is 5.39. The first-order valence-electron chi connectivity index (χ1n) is 8.43. The predicted molar refractivity (Wildman–Crippen MR) is 83.3 cm³/mol. The number of nitrogens with two attached hydrogens (primary N) is 1. The monoisotopic (exact) mass is 272 g/mol. The second-order valence-corrected chi connectivity index (χ2v) is 8.04. The lowest BCUT2D eigenvalue weighted by Gasteiger charge is -2.54. The minimum Gasteiger partial charge on any atom is -0.327 e. The lowest BCUT2D eigenvalue weighted by Crippen LogP contribution is -2.51. The minimum atomic E-state index is 0.367. The molecule has 3 fully saturated rings. The molecule has 2 saturated carbocycles. The summed E-state index contributed by atoms with van der Waals surface area (Å²) in [7, 11) is 0. The van der Waals surface area contributed by atoms with E-state index >= 15 is 0 Å². The maximum atomic E-state index is 6.46. The lowest BCUT2D eigenvalue weighted by atomic mass is 9.53. The van der Waals surface area contributed by atoms with Crippen LogP contribution in [0.1, 0.15) is 46.0 Å². The van der Waals surface area contributed by atoms with E-state index in [0.29, 0.717) is 16.9 Å². The van der Waals surface area contributed by atoms with Crippen LogP contribution in [0, 0.1) is 22.7 Å². The molecule has 3 aliphatic carbocycles. The van der Waals surface area contributed by atoms with E-state index in [1.807, 2.05) is 0 Å². The molecule has 0 radical (unpaired) electrons. The van der Waals surface area contributed by atoms with Crippen LogP contribution in [0.25, 0.3) is 0 Å². The van der Waals surface area contributed by atoms with Crippen LogP contribution in [0.4, 0.5) is 0 Å². The Kier molecular flexibility index (Phi) is 2.75. The fraction of sp³-hybridized carbons (Fsp3) is 0.778. The van der Waals surface area contributed by atoms with Gasteiger partial charge in [0, 0.05) is 18.0 Å². The van der Waals surface area contributed by atoms with Crippen molar-refractivity contribution in [2.24, 2.45) is 28.4 Å². The van der Waals surface area contributed by atoms with Gasteiger partial charge in [0.05, 0.1) is 0 Å². The molecule has 4 aliphatic rings. The predicted octanol–water partition coefficient (Wildman–Crippen LogP) is 3.01. The van der Waals surface area contributed by atoms with Crippen LogP contribution in [0.3, 0.4) is 0 Å². The molecule has 0 aromatic carbocycles. The van der Waals surface area contributed by atoms with Crippen LogP contribution in [0.2, 0.25) is 0 Å². The fourth-order valence-electron chi connectivity index (χ4n) is 5.74. The first-order valence-corrected chi connectivity index (χ1v) is 8.43. The van der Waals surface area contributed by atoms with Gasteiger partial charge in [0.15, 0.2) is 0 Å². The topological polar surface area (TPSA) is 38.0 Å². The Morgan fingerprint density at radius 2 is 2.00 bits per heavy atom. The number of allylic oxidation sites excluding steroid dienone is 3. The highest BCUT2D eigenvalue weighted by Crippen LogP contribution is 2.61. The lowest BCUT2D eigenvalue weighted by molar-refractivity contribution is 0.0956. The van der Waals surface area contributed by atoms with Crippen molar-refractivity contribution in [1.82, 2.24) is 5.32 Å². The molecule has 20 heavy (non-hydrogen) atoms. The Morgan fingerprint density at radius 3 is 2.85 bits per heavy atom. The Bertz CT molecular complexity index is 492. The van der Waals surface area contributed by atoms with E-state index in [9.17, 15) is 0 Å². The largest absolute Gasteiger partial charge is 0.327 e. The molecule has 2 nitrogen and oxygen atoms in total. The molecule has 1 saturated heterocycles. The molecule has 0 spiro atoms. The van der Waals surface area contributed by atoms with E-state index < -0.39 is 0 Å². The number of piperidine rings is 1. The number of nitrogens with one attached hydrogen (secondary N) is 1. The molecule has 1 unspecified atom stereocenters. The van der Waals surface area contributed by atoms with Crippen molar-refractivity contribution < 1.29 is 0 Å². The zero-order chi connectivity index (χ0) is 14.0. The average molecular weight is 272 g/mol. The summed E-state index contributed by atoms with van der Waals surface area (Å²) in [6.07, 6.45) is 11.4. The third-order valence-corrected chi connectivity index (χ3v) is 7.23.